The SMILES string of the molecule is Cc1ccc(N2CCC3(CCCN3Cc3ccc(C4CCCO4)s3)CC2)nn1. The average molecular weight is 399 g/mol. The summed E-state index contributed by atoms with van der Waals surface area (Å²) in [7, 11) is 0. The molecule has 3 fully saturated rings. The second kappa shape index (κ2) is 7.73. The topological polar surface area (TPSA) is 41.5 Å². The van der Waals surface area contributed by atoms with E-state index in [-0.39, 0.29) is 0 Å². The number of rotatable bonds is 4. The molecule has 3 saturated heterocycles. The van der Waals surface area contributed by atoms with Crippen molar-refractivity contribution in [3.05, 3.63) is 39.7 Å². The number of ether oxygens (including phenoxy) is 1. The van der Waals surface area contributed by atoms with Crippen molar-refractivity contribution in [1.29, 1.82) is 0 Å². The molecule has 3 aliphatic heterocycles. The van der Waals surface area contributed by atoms with Crippen molar-refractivity contribution >= 4 is 17.2 Å². The van der Waals surface area contributed by atoms with Gasteiger partial charge in [0.2, 0.25) is 0 Å². The molecule has 6 heteroatoms. The van der Waals surface area contributed by atoms with Crippen LogP contribution in [0.3, 0.4) is 0 Å². The van der Waals surface area contributed by atoms with Crippen molar-refractivity contribution < 1.29 is 4.74 Å². The van der Waals surface area contributed by atoms with Crippen molar-refractivity contribution in [1.82, 2.24) is 15.1 Å². The van der Waals surface area contributed by atoms with Gasteiger partial charge in [-0.2, -0.15) is 5.10 Å². The first-order valence-electron chi connectivity index (χ1n) is 10.7. The third-order valence-corrected chi connectivity index (χ3v) is 7.98. The molecule has 0 radical (unpaired) electrons. The lowest BCUT2D eigenvalue weighted by Crippen LogP contribution is -2.52. The molecule has 28 heavy (non-hydrogen) atoms. The maximum atomic E-state index is 5.87. The zero-order chi connectivity index (χ0) is 19.0. The molecule has 2 aromatic rings. The van der Waals surface area contributed by atoms with E-state index in [1.165, 1.54) is 54.8 Å². The van der Waals surface area contributed by atoms with Gasteiger partial charge < -0.3 is 9.64 Å². The van der Waals surface area contributed by atoms with Crippen LogP contribution in [0.25, 0.3) is 0 Å². The third kappa shape index (κ3) is 3.58. The zero-order valence-electron chi connectivity index (χ0n) is 16.8. The van der Waals surface area contributed by atoms with Crippen LogP contribution in [-0.2, 0) is 11.3 Å². The number of thiophene rings is 1. The molecule has 5 heterocycles. The van der Waals surface area contributed by atoms with Crippen LogP contribution in [-0.4, -0.2) is 46.9 Å². The number of nitrogens with zero attached hydrogens (tertiary/aromatic N) is 4. The molecular formula is C22H30N4OS. The van der Waals surface area contributed by atoms with Crippen molar-refractivity contribution in [3.63, 3.8) is 0 Å². The third-order valence-electron chi connectivity index (χ3n) is 6.82. The van der Waals surface area contributed by atoms with E-state index >= 15 is 0 Å². The smallest absolute Gasteiger partial charge is 0.151 e. The van der Waals surface area contributed by atoms with Gasteiger partial charge in [0.1, 0.15) is 0 Å². The molecule has 0 saturated carbocycles. The summed E-state index contributed by atoms with van der Waals surface area (Å²) in [4.78, 5) is 8.11. The number of hydrogen-bond donors (Lipinski definition) is 0. The Morgan fingerprint density at radius 2 is 1.96 bits per heavy atom. The summed E-state index contributed by atoms with van der Waals surface area (Å²) in [6.07, 6.45) is 7.86. The zero-order valence-corrected chi connectivity index (χ0v) is 17.6. The lowest BCUT2D eigenvalue weighted by molar-refractivity contribution is 0.101. The lowest BCUT2D eigenvalue weighted by atomic mass is 9.85. The van der Waals surface area contributed by atoms with Gasteiger partial charge in [-0.15, -0.1) is 16.4 Å². The summed E-state index contributed by atoms with van der Waals surface area (Å²) in [5.41, 5.74) is 1.36. The van der Waals surface area contributed by atoms with Crippen LogP contribution in [0.5, 0.6) is 0 Å². The van der Waals surface area contributed by atoms with Gasteiger partial charge >= 0.3 is 0 Å². The lowest BCUT2D eigenvalue weighted by Gasteiger charge is -2.45. The van der Waals surface area contributed by atoms with Gasteiger partial charge in [-0.1, -0.05) is 0 Å². The fraction of sp³-hybridized carbons (Fsp3) is 0.636. The van der Waals surface area contributed by atoms with E-state index in [1.54, 1.807) is 0 Å². The molecule has 0 aromatic carbocycles. The standard InChI is InChI=1S/C22H30N4OS/c1-17-5-8-21(24-23-17)25-13-10-22(11-14-25)9-3-12-26(22)16-18-6-7-20(28-18)19-4-2-15-27-19/h5-8,19H,2-4,9-16H2,1H3. The molecule has 5 rings (SSSR count). The van der Waals surface area contributed by atoms with E-state index < -0.39 is 0 Å². The Kier molecular flexibility index (Phi) is 5.11. The minimum absolute atomic E-state index is 0.352. The molecule has 0 amide bonds. The van der Waals surface area contributed by atoms with Crippen LogP contribution >= 0.6 is 11.3 Å². The van der Waals surface area contributed by atoms with Gasteiger partial charge in [-0.05, 0) is 76.3 Å². The highest BCUT2D eigenvalue weighted by molar-refractivity contribution is 7.12. The number of aryl methyl sites for hydroxylation is 1. The molecule has 0 aliphatic carbocycles. The maximum Gasteiger partial charge on any atom is 0.151 e. The van der Waals surface area contributed by atoms with E-state index in [9.17, 15) is 0 Å². The predicted octanol–water partition coefficient (Wildman–Crippen LogP) is 4.33. The summed E-state index contributed by atoms with van der Waals surface area (Å²) < 4.78 is 5.87. The van der Waals surface area contributed by atoms with Gasteiger partial charge in [0.25, 0.3) is 0 Å². The van der Waals surface area contributed by atoms with Crippen LogP contribution in [0.2, 0.25) is 0 Å². The Balaban J connectivity index is 1.24. The molecule has 1 atom stereocenters. The predicted molar refractivity (Wildman–Crippen MR) is 113 cm³/mol. The van der Waals surface area contributed by atoms with Crippen molar-refractivity contribution in [2.75, 3.05) is 31.1 Å². The fourth-order valence-corrected chi connectivity index (χ4v) is 6.28. The Labute approximate surface area is 171 Å². The molecule has 0 bridgehead atoms. The highest BCUT2D eigenvalue weighted by atomic mass is 32.1. The summed E-state index contributed by atoms with van der Waals surface area (Å²) >= 11 is 1.97. The first-order chi connectivity index (χ1) is 13.7. The van der Waals surface area contributed by atoms with E-state index in [0.717, 1.165) is 37.8 Å². The first-order valence-corrected chi connectivity index (χ1v) is 11.5. The number of anilines is 1. The fourth-order valence-electron chi connectivity index (χ4n) is 5.16. The monoisotopic (exact) mass is 398 g/mol. The van der Waals surface area contributed by atoms with E-state index in [0.29, 0.717) is 11.6 Å². The van der Waals surface area contributed by atoms with Gasteiger partial charge in [-0.3, -0.25) is 4.90 Å². The summed E-state index contributed by atoms with van der Waals surface area (Å²) in [6, 6.07) is 8.82. The quantitative estimate of drug-likeness (QED) is 0.767. The van der Waals surface area contributed by atoms with Crippen LogP contribution in [0, 0.1) is 6.92 Å². The Morgan fingerprint density at radius 1 is 1.07 bits per heavy atom. The van der Waals surface area contributed by atoms with E-state index in [2.05, 4.69) is 44.3 Å². The van der Waals surface area contributed by atoms with Gasteiger partial charge in [0.15, 0.2) is 5.82 Å². The maximum absolute atomic E-state index is 5.87. The van der Waals surface area contributed by atoms with Crippen molar-refractivity contribution in [2.24, 2.45) is 0 Å². The van der Waals surface area contributed by atoms with Crippen LogP contribution in [0.15, 0.2) is 24.3 Å². The minimum Gasteiger partial charge on any atom is -0.373 e. The number of aromatic nitrogens is 2. The number of likely N-dealkylation sites (tertiary alicyclic amines) is 1. The second-order valence-electron chi connectivity index (χ2n) is 8.58. The first kappa shape index (κ1) is 18.5. The van der Waals surface area contributed by atoms with Crippen molar-refractivity contribution in [3.8, 4) is 0 Å². The Bertz CT molecular complexity index is 791. The molecule has 1 spiro atoms. The van der Waals surface area contributed by atoms with Gasteiger partial charge in [0, 0.05) is 41.5 Å². The average Bonchev–Trinajstić information content (AvgIpc) is 3.46. The normalized spacial score (nSPS) is 25.0. The molecule has 0 N–H and O–H groups in total. The molecular weight excluding hydrogens is 368 g/mol. The van der Waals surface area contributed by atoms with E-state index in [1.807, 2.05) is 18.3 Å². The second-order valence-corrected chi connectivity index (χ2v) is 9.78. The highest BCUT2D eigenvalue weighted by Crippen LogP contribution is 2.41. The molecule has 3 aliphatic rings. The number of piperidine rings is 1. The van der Waals surface area contributed by atoms with Crippen LogP contribution in [0.4, 0.5) is 5.82 Å². The molecule has 5 nitrogen and oxygen atoms in total. The van der Waals surface area contributed by atoms with E-state index in [4.69, 9.17) is 4.74 Å². The Hall–Kier alpha value is -1.50. The largest absolute Gasteiger partial charge is 0.373 e. The number of hydrogen-bond acceptors (Lipinski definition) is 6. The molecule has 1 unspecified atom stereocenters. The summed E-state index contributed by atoms with van der Waals surface area (Å²) in [5, 5.41) is 8.63. The molecule has 2 aromatic heterocycles. The van der Waals surface area contributed by atoms with Gasteiger partial charge in [0.05, 0.1) is 11.8 Å². The molecule has 150 valence electrons. The van der Waals surface area contributed by atoms with Crippen molar-refractivity contribution in [2.45, 2.75) is 63.6 Å². The van der Waals surface area contributed by atoms with Crippen LogP contribution in [0.1, 0.15) is 60.1 Å². The summed E-state index contributed by atoms with van der Waals surface area (Å²) in [6.45, 7) is 7.42. The highest BCUT2D eigenvalue weighted by Gasteiger charge is 2.43. The van der Waals surface area contributed by atoms with Crippen LogP contribution < -0.4 is 4.90 Å². The Morgan fingerprint density at radius 3 is 2.71 bits per heavy atom. The minimum atomic E-state index is 0.352. The summed E-state index contributed by atoms with van der Waals surface area (Å²) in [5.74, 6) is 1.03. The van der Waals surface area contributed by atoms with Gasteiger partial charge in [-0.25, -0.2) is 0 Å².